The van der Waals surface area contributed by atoms with E-state index in [1.807, 2.05) is 0 Å². The summed E-state index contributed by atoms with van der Waals surface area (Å²) in [7, 11) is 0. The summed E-state index contributed by atoms with van der Waals surface area (Å²) in [5.41, 5.74) is 0.356. The molecule has 1 aromatic heterocycles. The van der Waals surface area contributed by atoms with Crippen molar-refractivity contribution in [1.29, 1.82) is 0 Å². The third-order valence-corrected chi connectivity index (χ3v) is 3.58. The molecule has 0 unspecified atom stereocenters. The number of aromatic nitrogens is 1. The Kier molecular flexibility index (Phi) is 5.07. The van der Waals surface area contributed by atoms with E-state index in [-0.39, 0.29) is 11.6 Å². The van der Waals surface area contributed by atoms with E-state index in [1.54, 1.807) is 24.3 Å². The van der Waals surface area contributed by atoms with E-state index in [4.69, 9.17) is 0 Å². The van der Waals surface area contributed by atoms with Crippen molar-refractivity contribution >= 4 is 23.2 Å². The van der Waals surface area contributed by atoms with Crippen LogP contribution in [0.5, 0.6) is 5.75 Å². The normalized spacial score (nSPS) is 10.3. The predicted molar refractivity (Wildman–Crippen MR) is 94.6 cm³/mol. The molecule has 0 radical (unpaired) electrons. The topological polar surface area (TPSA) is 91.3 Å². The number of rotatable bonds is 4. The molecule has 0 aliphatic heterocycles. The summed E-state index contributed by atoms with van der Waals surface area (Å²) in [5.74, 6) is -4.33. The fourth-order valence-corrected chi connectivity index (χ4v) is 2.36. The molecule has 136 valence electrons. The Morgan fingerprint density at radius 1 is 0.889 bits per heavy atom. The fourth-order valence-electron chi connectivity index (χ4n) is 2.36. The number of nitrogens with one attached hydrogen (secondary N) is 2. The molecule has 0 atom stereocenters. The van der Waals surface area contributed by atoms with Gasteiger partial charge in [-0.25, -0.2) is 8.78 Å². The van der Waals surface area contributed by atoms with Crippen molar-refractivity contribution in [2.24, 2.45) is 0 Å². The van der Waals surface area contributed by atoms with Gasteiger partial charge in [-0.3, -0.25) is 14.6 Å². The molecule has 0 aliphatic carbocycles. The van der Waals surface area contributed by atoms with Crippen LogP contribution in [0.3, 0.4) is 0 Å². The van der Waals surface area contributed by atoms with Gasteiger partial charge in [0.15, 0.2) is 0 Å². The maximum atomic E-state index is 13.8. The highest BCUT2D eigenvalue weighted by Gasteiger charge is 2.19. The van der Waals surface area contributed by atoms with Crippen molar-refractivity contribution in [3.8, 4) is 5.75 Å². The number of pyridine rings is 1. The number of carbonyl (C=O) groups is 2. The molecule has 0 fully saturated rings. The largest absolute Gasteiger partial charge is 0.507 e. The average molecular weight is 369 g/mol. The van der Waals surface area contributed by atoms with Gasteiger partial charge in [0.1, 0.15) is 22.9 Å². The molecule has 3 aromatic rings. The van der Waals surface area contributed by atoms with Gasteiger partial charge in [-0.2, -0.15) is 0 Å². The van der Waals surface area contributed by atoms with Crippen molar-refractivity contribution in [3.63, 3.8) is 0 Å². The summed E-state index contributed by atoms with van der Waals surface area (Å²) in [6.45, 7) is 0. The number of carbonyl (C=O) groups excluding carboxylic acids is 2. The fraction of sp³-hybridized carbons (Fsp3) is 0. The van der Waals surface area contributed by atoms with Gasteiger partial charge in [0, 0.05) is 41.5 Å². The van der Waals surface area contributed by atoms with Gasteiger partial charge < -0.3 is 15.7 Å². The minimum Gasteiger partial charge on any atom is -0.507 e. The van der Waals surface area contributed by atoms with Gasteiger partial charge in [0.2, 0.25) is 0 Å². The van der Waals surface area contributed by atoms with Gasteiger partial charge in [-0.05, 0) is 30.3 Å². The minimum absolute atomic E-state index is 0.246. The second-order valence-corrected chi connectivity index (χ2v) is 5.51. The molecule has 0 spiro atoms. The summed E-state index contributed by atoms with van der Waals surface area (Å²) in [5, 5.41) is 14.7. The number of benzene rings is 2. The first kappa shape index (κ1) is 18.0. The Balaban J connectivity index is 1.76. The van der Waals surface area contributed by atoms with Crippen LogP contribution in [0.15, 0.2) is 60.9 Å². The zero-order chi connectivity index (χ0) is 19.4. The van der Waals surface area contributed by atoms with Gasteiger partial charge in [0.05, 0.1) is 0 Å². The zero-order valence-electron chi connectivity index (χ0n) is 13.7. The van der Waals surface area contributed by atoms with Crippen LogP contribution in [-0.2, 0) is 0 Å². The monoisotopic (exact) mass is 369 g/mol. The van der Waals surface area contributed by atoms with E-state index in [9.17, 15) is 23.5 Å². The molecule has 2 amide bonds. The molecule has 1 heterocycles. The summed E-state index contributed by atoms with van der Waals surface area (Å²) < 4.78 is 26.8. The predicted octanol–water partition coefficient (Wildman–Crippen LogP) is 3.57. The minimum atomic E-state index is -1.19. The number of aromatic hydroxyl groups is 1. The highest BCUT2D eigenvalue weighted by Crippen LogP contribution is 2.24. The number of phenols is 1. The number of hydrogen-bond acceptors (Lipinski definition) is 4. The number of anilines is 2. The molecule has 2 aromatic carbocycles. The summed E-state index contributed by atoms with van der Waals surface area (Å²) in [6, 6.07) is 10.4. The van der Waals surface area contributed by atoms with Crippen LogP contribution in [0.25, 0.3) is 0 Å². The Hall–Kier alpha value is -3.81. The number of nitrogens with zero attached hydrogens (tertiary/aromatic N) is 1. The van der Waals surface area contributed by atoms with Crippen LogP contribution in [0, 0.1) is 11.6 Å². The maximum Gasteiger partial charge on any atom is 0.262 e. The second-order valence-electron chi connectivity index (χ2n) is 5.51. The standard InChI is InChI=1S/C19H13F2N3O3/c20-12-8-15(21)17(16(25)9-12)19(27)24-14-3-1-2-13(10-14)23-18(26)11-4-6-22-7-5-11/h1-10,25H,(H,23,26)(H,24,27). The third-order valence-electron chi connectivity index (χ3n) is 3.58. The first-order valence-electron chi connectivity index (χ1n) is 7.75. The molecular weight excluding hydrogens is 356 g/mol. The highest BCUT2D eigenvalue weighted by molar-refractivity contribution is 6.07. The number of amides is 2. The van der Waals surface area contributed by atoms with Crippen molar-refractivity contribution in [2.45, 2.75) is 0 Å². The van der Waals surface area contributed by atoms with Crippen LogP contribution in [0.1, 0.15) is 20.7 Å². The van der Waals surface area contributed by atoms with Crippen molar-refractivity contribution in [1.82, 2.24) is 4.98 Å². The quantitative estimate of drug-likeness (QED) is 0.656. The lowest BCUT2D eigenvalue weighted by Gasteiger charge is -2.10. The molecule has 3 N–H and O–H groups in total. The van der Waals surface area contributed by atoms with E-state index in [2.05, 4.69) is 15.6 Å². The first-order valence-corrected chi connectivity index (χ1v) is 7.75. The second kappa shape index (κ2) is 7.61. The molecule has 3 rings (SSSR count). The van der Waals surface area contributed by atoms with Gasteiger partial charge in [0.25, 0.3) is 11.8 Å². The van der Waals surface area contributed by atoms with E-state index in [0.29, 0.717) is 23.4 Å². The third kappa shape index (κ3) is 4.24. The van der Waals surface area contributed by atoms with Gasteiger partial charge >= 0.3 is 0 Å². The molecule has 0 bridgehead atoms. The lowest BCUT2D eigenvalue weighted by atomic mass is 10.1. The maximum absolute atomic E-state index is 13.8. The molecule has 8 heteroatoms. The van der Waals surface area contributed by atoms with E-state index in [1.165, 1.54) is 24.5 Å². The Labute approximate surface area is 152 Å². The smallest absolute Gasteiger partial charge is 0.262 e. The Morgan fingerprint density at radius 3 is 2.15 bits per heavy atom. The molecule has 0 saturated heterocycles. The lowest BCUT2D eigenvalue weighted by Crippen LogP contribution is -2.15. The molecule has 0 saturated carbocycles. The summed E-state index contributed by atoms with van der Waals surface area (Å²) in [4.78, 5) is 28.2. The van der Waals surface area contributed by atoms with Crippen LogP contribution < -0.4 is 10.6 Å². The van der Waals surface area contributed by atoms with Gasteiger partial charge in [-0.1, -0.05) is 6.07 Å². The van der Waals surface area contributed by atoms with E-state index in [0.717, 1.165) is 0 Å². The molecule has 6 nitrogen and oxygen atoms in total. The van der Waals surface area contributed by atoms with E-state index < -0.39 is 28.9 Å². The SMILES string of the molecule is O=C(Nc1cccc(NC(=O)c2c(O)cc(F)cc2F)c1)c1ccncc1. The molecule has 0 aliphatic rings. The number of halogens is 2. The van der Waals surface area contributed by atoms with Crippen LogP contribution in [-0.4, -0.2) is 21.9 Å². The zero-order valence-corrected chi connectivity index (χ0v) is 13.7. The van der Waals surface area contributed by atoms with Crippen molar-refractivity contribution in [2.75, 3.05) is 10.6 Å². The highest BCUT2D eigenvalue weighted by atomic mass is 19.1. The van der Waals surface area contributed by atoms with Gasteiger partial charge in [-0.15, -0.1) is 0 Å². The van der Waals surface area contributed by atoms with Crippen LogP contribution in [0.4, 0.5) is 20.2 Å². The average Bonchev–Trinajstić information content (AvgIpc) is 2.62. The first-order chi connectivity index (χ1) is 12.9. The Bertz CT molecular complexity index is 987. The Morgan fingerprint density at radius 2 is 1.52 bits per heavy atom. The van der Waals surface area contributed by atoms with Crippen LogP contribution in [0.2, 0.25) is 0 Å². The number of phenolic OH excluding ortho intramolecular Hbond substituents is 1. The van der Waals surface area contributed by atoms with E-state index >= 15 is 0 Å². The summed E-state index contributed by atoms with van der Waals surface area (Å²) >= 11 is 0. The summed E-state index contributed by atoms with van der Waals surface area (Å²) in [6.07, 6.45) is 2.96. The van der Waals surface area contributed by atoms with Crippen LogP contribution >= 0.6 is 0 Å². The van der Waals surface area contributed by atoms with Crippen molar-refractivity contribution < 1.29 is 23.5 Å². The molecule has 27 heavy (non-hydrogen) atoms. The lowest BCUT2D eigenvalue weighted by molar-refractivity contribution is 0.101. The molecular formula is C19H13F2N3O3. The van der Waals surface area contributed by atoms with Crippen molar-refractivity contribution in [3.05, 3.63) is 83.7 Å². The number of hydrogen-bond donors (Lipinski definition) is 3.